The van der Waals surface area contributed by atoms with E-state index in [-0.39, 0.29) is 6.61 Å². The van der Waals surface area contributed by atoms with E-state index < -0.39 is 0 Å². The van der Waals surface area contributed by atoms with Crippen LogP contribution >= 0.6 is 0 Å². The minimum absolute atomic E-state index is 0.0447. The lowest BCUT2D eigenvalue weighted by atomic mass is 10.0. The predicted octanol–water partition coefficient (Wildman–Crippen LogP) is 5.28. The summed E-state index contributed by atoms with van der Waals surface area (Å²) in [5.74, 6) is 0.668. The molecule has 0 N–H and O–H groups in total. The maximum Gasteiger partial charge on any atom is 0.165 e. The Bertz CT molecular complexity index is 762. The monoisotopic (exact) mass is 344 g/mol. The molecule has 0 heterocycles. The van der Waals surface area contributed by atoms with E-state index in [1.54, 1.807) is 0 Å². The van der Waals surface area contributed by atoms with E-state index in [1.807, 2.05) is 12.1 Å². The number of hydrogen-bond donors (Lipinski definition) is 0. The Morgan fingerprint density at radius 1 is 0.538 bits per heavy atom. The van der Waals surface area contributed by atoms with Gasteiger partial charge in [-0.25, -0.2) is 0 Å². The van der Waals surface area contributed by atoms with Gasteiger partial charge in [0.2, 0.25) is 0 Å². The van der Waals surface area contributed by atoms with Crippen molar-refractivity contribution in [3.63, 3.8) is 0 Å². The first-order valence-corrected chi connectivity index (χ1v) is 9.04. The van der Waals surface area contributed by atoms with Gasteiger partial charge in [-0.2, -0.15) is 4.89 Å². The summed E-state index contributed by atoms with van der Waals surface area (Å²) >= 11 is 0. The highest BCUT2D eigenvalue weighted by molar-refractivity contribution is 5.29. The molecule has 0 bridgehead atoms. The first-order valence-electron chi connectivity index (χ1n) is 9.04. The smallest absolute Gasteiger partial charge is 0.165 e. The van der Waals surface area contributed by atoms with Crippen LogP contribution in [0.15, 0.2) is 78.9 Å². The number of benzene rings is 3. The molecule has 0 fully saturated rings. The Morgan fingerprint density at radius 3 is 1.42 bits per heavy atom. The largest absolute Gasteiger partial charge is 0.338 e. The third kappa shape index (κ3) is 5.75. The van der Waals surface area contributed by atoms with Gasteiger partial charge in [-0.1, -0.05) is 66.7 Å². The zero-order valence-electron chi connectivity index (χ0n) is 14.9. The lowest BCUT2D eigenvalue weighted by Gasteiger charge is -2.06. The molecule has 0 saturated carbocycles. The molecule has 0 unspecified atom stereocenters. The third-order valence-electron chi connectivity index (χ3n) is 4.42. The second-order valence-corrected chi connectivity index (χ2v) is 6.31. The molecule has 0 atom stereocenters. The average molecular weight is 344 g/mol. The topological polar surface area (TPSA) is 18.5 Å². The van der Waals surface area contributed by atoms with Gasteiger partial charge in [0.15, 0.2) is 5.75 Å². The fourth-order valence-electron chi connectivity index (χ4n) is 2.91. The van der Waals surface area contributed by atoms with Crippen LogP contribution in [0, 0.1) is 6.92 Å². The molecule has 0 spiro atoms. The molecular weight excluding hydrogens is 320 g/mol. The van der Waals surface area contributed by atoms with Crippen molar-refractivity contribution in [2.24, 2.45) is 0 Å². The second kappa shape index (κ2) is 9.79. The fourth-order valence-corrected chi connectivity index (χ4v) is 2.91. The molecule has 0 aliphatic rings. The van der Waals surface area contributed by atoms with Crippen LogP contribution in [0.25, 0.3) is 0 Å². The molecule has 26 heavy (non-hydrogen) atoms. The van der Waals surface area contributed by atoms with E-state index in [0.29, 0.717) is 5.75 Å². The second-order valence-electron chi connectivity index (χ2n) is 6.31. The molecule has 3 aromatic rings. The van der Waals surface area contributed by atoms with Crippen LogP contribution in [0.3, 0.4) is 0 Å². The Hall–Kier alpha value is -2.58. The van der Waals surface area contributed by atoms with Crippen molar-refractivity contribution < 1.29 is 9.78 Å². The van der Waals surface area contributed by atoms with Crippen LogP contribution in [0.1, 0.15) is 22.3 Å². The normalized spacial score (nSPS) is 10.7. The van der Waals surface area contributed by atoms with Crippen molar-refractivity contribution in [2.45, 2.75) is 25.7 Å². The molecule has 0 aliphatic heterocycles. The van der Waals surface area contributed by atoms with Crippen LogP contribution in [0.2, 0.25) is 0 Å². The molecule has 0 saturated heterocycles. The summed E-state index contributed by atoms with van der Waals surface area (Å²) in [4.78, 5) is 9.74. The van der Waals surface area contributed by atoms with Crippen molar-refractivity contribution in [1.29, 1.82) is 0 Å². The van der Waals surface area contributed by atoms with Crippen LogP contribution in [-0.2, 0) is 30.6 Å². The van der Waals surface area contributed by atoms with Gasteiger partial charge in [-0.05, 0) is 67.0 Å². The Labute approximate surface area is 156 Å². The van der Waals surface area contributed by atoms with E-state index in [9.17, 15) is 0 Å². The van der Waals surface area contributed by atoms with Gasteiger partial charge >= 0.3 is 0 Å². The summed E-state index contributed by atoms with van der Waals surface area (Å²) in [6, 6.07) is 27.5. The number of aryl methyl sites for hydroxylation is 4. The first-order chi connectivity index (χ1) is 12.8. The molecule has 0 amide bonds. The van der Waals surface area contributed by atoms with Gasteiger partial charge in [0.1, 0.15) is 0 Å². The minimum Gasteiger partial charge on any atom is -0.338 e. The molecule has 0 aliphatic carbocycles. The molecular formula is C24H24O2. The number of rotatable bonds is 9. The van der Waals surface area contributed by atoms with Gasteiger partial charge in [-0.15, -0.1) is 0 Å². The zero-order chi connectivity index (χ0) is 18.0. The van der Waals surface area contributed by atoms with E-state index in [2.05, 4.69) is 66.7 Å². The summed E-state index contributed by atoms with van der Waals surface area (Å²) in [6.45, 7) is 5.27. The highest BCUT2D eigenvalue weighted by atomic mass is 17.2. The van der Waals surface area contributed by atoms with Gasteiger partial charge in [0.25, 0.3) is 0 Å². The lowest BCUT2D eigenvalue weighted by Crippen LogP contribution is -1.97. The Morgan fingerprint density at radius 2 is 0.962 bits per heavy atom. The summed E-state index contributed by atoms with van der Waals surface area (Å²) in [5.41, 5.74) is 5.42. The highest BCUT2D eigenvalue weighted by Gasteiger charge is 2.00. The zero-order valence-corrected chi connectivity index (χ0v) is 14.9. The van der Waals surface area contributed by atoms with E-state index >= 15 is 0 Å². The maximum atomic E-state index is 5.23. The van der Waals surface area contributed by atoms with Crippen LogP contribution in [-0.4, -0.2) is 6.61 Å². The molecule has 132 valence electrons. The van der Waals surface area contributed by atoms with Crippen molar-refractivity contribution >= 4 is 0 Å². The maximum absolute atomic E-state index is 5.23. The summed E-state index contributed by atoms with van der Waals surface area (Å²) in [6.07, 6.45) is 4.19. The molecule has 2 nitrogen and oxygen atoms in total. The van der Waals surface area contributed by atoms with E-state index in [4.69, 9.17) is 16.7 Å². The Balaban J connectivity index is 1.46. The standard InChI is InChI=1S/C24H24O2/c1-2-25-26-24-18-16-23(17-19-24)15-14-22-12-10-21(11-13-22)9-8-20-6-4-3-5-7-20/h1,3-7,10-13,16-19H,2,8-9,14-15H2. The highest BCUT2D eigenvalue weighted by Crippen LogP contribution is 2.15. The van der Waals surface area contributed by atoms with Crippen molar-refractivity contribution in [2.75, 3.05) is 6.61 Å². The third-order valence-corrected chi connectivity index (χ3v) is 4.42. The average Bonchev–Trinajstić information content (AvgIpc) is 2.71. The Kier molecular flexibility index (Phi) is 6.86. The molecule has 2 heteroatoms. The molecule has 3 aromatic carbocycles. The van der Waals surface area contributed by atoms with E-state index in [1.165, 1.54) is 22.3 Å². The van der Waals surface area contributed by atoms with Crippen LogP contribution < -0.4 is 4.89 Å². The number of hydrogen-bond acceptors (Lipinski definition) is 2. The minimum atomic E-state index is 0.0447. The summed E-state index contributed by atoms with van der Waals surface area (Å²) in [7, 11) is 0. The van der Waals surface area contributed by atoms with Crippen molar-refractivity contribution in [3.05, 3.63) is 108 Å². The first kappa shape index (κ1) is 18.2. The van der Waals surface area contributed by atoms with Crippen LogP contribution in [0.5, 0.6) is 5.75 Å². The summed E-state index contributed by atoms with van der Waals surface area (Å²) < 4.78 is 0. The molecule has 2 radical (unpaired) electrons. The van der Waals surface area contributed by atoms with Gasteiger partial charge < -0.3 is 4.89 Å². The van der Waals surface area contributed by atoms with Crippen molar-refractivity contribution in [3.8, 4) is 5.75 Å². The quantitative estimate of drug-likeness (QED) is 0.388. The molecule has 3 rings (SSSR count). The van der Waals surface area contributed by atoms with Crippen molar-refractivity contribution in [1.82, 2.24) is 0 Å². The predicted molar refractivity (Wildman–Crippen MR) is 105 cm³/mol. The van der Waals surface area contributed by atoms with Gasteiger partial charge in [-0.3, -0.25) is 0 Å². The van der Waals surface area contributed by atoms with Gasteiger partial charge in [0.05, 0.1) is 6.61 Å². The molecule has 0 aromatic heterocycles. The SMILES string of the molecule is [CH]COOc1ccc(CCc2ccc(CCc3ccccc3)cc2)cc1. The summed E-state index contributed by atoms with van der Waals surface area (Å²) in [5, 5.41) is 0. The lowest BCUT2D eigenvalue weighted by molar-refractivity contribution is -0.196. The fraction of sp³-hybridized carbons (Fsp3) is 0.208. The van der Waals surface area contributed by atoms with E-state index in [0.717, 1.165) is 25.7 Å². The van der Waals surface area contributed by atoms with Crippen LogP contribution in [0.4, 0.5) is 0 Å². The van der Waals surface area contributed by atoms with Gasteiger partial charge in [0, 0.05) is 0 Å².